The van der Waals surface area contributed by atoms with Crippen LogP contribution in [0.25, 0.3) is 0 Å². The van der Waals surface area contributed by atoms with Crippen LogP contribution in [0.5, 0.6) is 0 Å². The van der Waals surface area contributed by atoms with Crippen LogP contribution in [-0.4, -0.2) is 64.6 Å². The molecule has 3 aliphatic carbocycles. The molecule has 0 saturated carbocycles. The van der Waals surface area contributed by atoms with E-state index in [1.54, 1.807) is 36.5 Å². The van der Waals surface area contributed by atoms with Crippen LogP contribution in [0, 0.1) is 11.8 Å². The minimum Gasteiger partial charge on any atom is -0.463 e. The topological polar surface area (TPSA) is 144 Å². The summed E-state index contributed by atoms with van der Waals surface area (Å²) in [6.45, 7) is 4.43. The van der Waals surface area contributed by atoms with Gasteiger partial charge in [0, 0.05) is 35.7 Å². The van der Waals surface area contributed by atoms with Crippen LogP contribution in [0.2, 0.25) is 0 Å². The molecule has 1 aromatic carbocycles. The molecule has 4 aliphatic rings. The average Bonchev–Trinajstić information content (AvgIpc) is 3.75. The van der Waals surface area contributed by atoms with Gasteiger partial charge in [0.25, 0.3) is 5.60 Å². The second-order valence-corrected chi connectivity index (χ2v) is 12.6. The number of carbonyl (C=O) groups excluding carboxylic acids is 3. The Kier molecular flexibility index (Phi) is 8.61. The van der Waals surface area contributed by atoms with Gasteiger partial charge in [-0.25, -0.2) is 9.78 Å². The van der Waals surface area contributed by atoms with Crippen LogP contribution >= 0.6 is 0 Å². The van der Waals surface area contributed by atoms with Gasteiger partial charge in [-0.2, -0.15) is 0 Å². The van der Waals surface area contributed by atoms with Crippen molar-refractivity contribution in [2.75, 3.05) is 25.5 Å². The SMILES string of the molecule is CCN[C@@H]1C=C2C=CCC[C@H]2C[C@H]1COC(=O)[C@]12O[C@@]1(C/C(CO)=C(\C)CCc1ccnc(N)c1)C(=O)c1ccccc1C2=O. The monoisotopic (exact) mass is 611 g/mol. The number of aliphatic hydroxyl groups excluding tert-OH is 1. The third-order valence-corrected chi connectivity index (χ3v) is 9.93. The Morgan fingerprint density at radius 1 is 1.20 bits per heavy atom. The number of nitrogens with zero attached hydrogens (tertiary/aromatic N) is 1. The molecule has 0 bridgehead atoms. The van der Waals surface area contributed by atoms with Gasteiger partial charge >= 0.3 is 5.97 Å². The number of nitrogens with two attached hydrogens (primary N) is 1. The molecule has 0 unspecified atom stereocenters. The lowest BCUT2D eigenvalue weighted by atomic mass is 9.71. The zero-order valence-corrected chi connectivity index (χ0v) is 25.9. The molecular formula is C36H41N3O6. The molecular weight excluding hydrogens is 570 g/mol. The van der Waals surface area contributed by atoms with Crippen molar-refractivity contribution in [3.63, 3.8) is 0 Å². The van der Waals surface area contributed by atoms with Gasteiger partial charge in [-0.1, -0.05) is 55.0 Å². The van der Waals surface area contributed by atoms with Gasteiger partial charge in [0.1, 0.15) is 5.82 Å². The number of allylic oxidation sites excluding steroid dienone is 4. The number of likely N-dealkylation sites (N-methyl/N-ethyl adjacent to an activating group) is 1. The largest absolute Gasteiger partial charge is 0.463 e. The van der Waals surface area contributed by atoms with E-state index in [2.05, 4.69) is 28.5 Å². The van der Waals surface area contributed by atoms with Crippen molar-refractivity contribution in [2.24, 2.45) is 11.8 Å². The lowest BCUT2D eigenvalue weighted by molar-refractivity contribution is -0.150. The number of aliphatic hydroxyl groups is 1. The first-order valence-corrected chi connectivity index (χ1v) is 15.9. The lowest BCUT2D eigenvalue weighted by Crippen LogP contribution is -2.51. The molecule has 45 heavy (non-hydrogen) atoms. The number of benzene rings is 1. The number of hydrogen-bond donors (Lipinski definition) is 3. The maximum absolute atomic E-state index is 14.1. The molecule has 9 nitrogen and oxygen atoms in total. The predicted molar refractivity (Wildman–Crippen MR) is 170 cm³/mol. The van der Waals surface area contributed by atoms with Crippen molar-refractivity contribution < 1.29 is 29.0 Å². The van der Waals surface area contributed by atoms with Gasteiger partial charge in [0.2, 0.25) is 5.78 Å². The first-order chi connectivity index (χ1) is 21.7. The number of pyridine rings is 1. The summed E-state index contributed by atoms with van der Waals surface area (Å²) >= 11 is 0. The van der Waals surface area contributed by atoms with Crippen LogP contribution in [0.1, 0.15) is 72.2 Å². The number of Topliss-reactive ketones (excluding diaryl/α,β-unsaturated/α-hetero) is 2. The fraction of sp³-hybridized carbons (Fsp3) is 0.444. The highest BCUT2D eigenvalue weighted by Crippen LogP contribution is 2.59. The Balaban J connectivity index is 1.27. The Labute approximate surface area is 263 Å². The molecule has 236 valence electrons. The number of nitrogen functional groups attached to an aromatic ring is 1. The fourth-order valence-electron chi connectivity index (χ4n) is 7.34. The molecule has 2 heterocycles. The van der Waals surface area contributed by atoms with E-state index in [1.807, 2.05) is 19.9 Å². The molecule has 0 amide bonds. The minimum absolute atomic E-state index is 0.0118. The third kappa shape index (κ3) is 5.47. The fourth-order valence-corrected chi connectivity index (χ4v) is 7.34. The zero-order chi connectivity index (χ0) is 31.8. The quantitative estimate of drug-likeness (QED) is 0.146. The van der Waals surface area contributed by atoms with Gasteiger partial charge in [-0.3, -0.25) is 9.59 Å². The average molecular weight is 612 g/mol. The van der Waals surface area contributed by atoms with Crippen molar-refractivity contribution in [3.05, 3.63) is 94.2 Å². The number of hydrogen-bond acceptors (Lipinski definition) is 9. The number of nitrogens with one attached hydrogen (secondary N) is 1. The van der Waals surface area contributed by atoms with Crippen molar-refractivity contribution in [1.82, 2.24) is 10.3 Å². The molecule has 1 fully saturated rings. The predicted octanol–water partition coefficient (Wildman–Crippen LogP) is 4.32. The number of anilines is 1. The summed E-state index contributed by atoms with van der Waals surface area (Å²) < 4.78 is 12.1. The van der Waals surface area contributed by atoms with Crippen molar-refractivity contribution >= 4 is 23.4 Å². The highest BCUT2D eigenvalue weighted by atomic mass is 16.7. The number of rotatable bonds is 11. The normalized spacial score (nSPS) is 28.8. The number of fused-ring (bicyclic) bond motifs is 3. The van der Waals surface area contributed by atoms with Gasteiger partial charge in [-0.15, -0.1) is 0 Å². The van der Waals surface area contributed by atoms with Crippen LogP contribution < -0.4 is 11.1 Å². The Morgan fingerprint density at radius 3 is 2.71 bits per heavy atom. The second kappa shape index (κ2) is 12.5. The maximum Gasteiger partial charge on any atom is 0.350 e. The van der Waals surface area contributed by atoms with Crippen LogP contribution in [0.4, 0.5) is 5.82 Å². The van der Waals surface area contributed by atoms with Crippen molar-refractivity contribution in [3.8, 4) is 0 Å². The lowest BCUT2D eigenvalue weighted by Gasteiger charge is -2.36. The third-order valence-electron chi connectivity index (χ3n) is 9.93. The minimum atomic E-state index is -2.09. The molecule has 1 saturated heterocycles. The van der Waals surface area contributed by atoms with Crippen LogP contribution in [-0.2, 0) is 20.7 Å². The Bertz CT molecular complexity index is 1610. The summed E-state index contributed by atoms with van der Waals surface area (Å²) in [4.78, 5) is 46.2. The molecule has 6 rings (SSSR count). The molecule has 2 aromatic rings. The summed E-state index contributed by atoms with van der Waals surface area (Å²) in [7, 11) is 0. The number of ketones is 2. The molecule has 0 radical (unpaired) electrons. The Hall–Kier alpha value is -3.92. The van der Waals surface area contributed by atoms with Crippen LogP contribution in [0.15, 0.2) is 77.5 Å². The summed E-state index contributed by atoms with van der Waals surface area (Å²) in [6.07, 6.45) is 12.3. The van der Waals surface area contributed by atoms with E-state index < -0.39 is 28.7 Å². The molecule has 4 N–H and O–H groups in total. The summed E-state index contributed by atoms with van der Waals surface area (Å²) in [6, 6.07) is 10.2. The number of ether oxygens (including phenoxy) is 2. The Morgan fingerprint density at radius 2 is 1.98 bits per heavy atom. The number of esters is 1. The van der Waals surface area contributed by atoms with Crippen molar-refractivity contribution in [1.29, 1.82) is 0 Å². The number of epoxide rings is 1. The number of carbonyl (C=O) groups is 3. The zero-order valence-electron chi connectivity index (χ0n) is 25.9. The van der Waals surface area contributed by atoms with Gasteiger partial charge in [-0.05, 0) is 80.3 Å². The summed E-state index contributed by atoms with van der Waals surface area (Å²) in [5.74, 6) is -1.02. The smallest absolute Gasteiger partial charge is 0.350 e. The van der Waals surface area contributed by atoms with Gasteiger partial charge < -0.3 is 25.6 Å². The highest BCUT2D eigenvalue weighted by Gasteiger charge is 2.85. The summed E-state index contributed by atoms with van der Waals surface area (Å²) in [5, 5.41) is 13.9. The summed E-state index contributed by atoms with van der Waals surface area (Å²) in [5.41, 5.74) is 6.03. The maximum atomic E-state index is 14.1. The molecule has 0 spiro atoms. The van der Waals surface area contributed by atoms with Gasteiger partial charge in [0.15, 0.2) is 11.4 Å². The molecule has 1 aromatic heterocycles. The molecule has 5 atom stereocenters. The van der Waals surface area contributed by atoms with E-state index in [1.165, 1.54) is 5.57 Å². The van der Waals surface area contributed by atoms with E-state index in [9.17, 15) is 19.5 Å². The van der Waals surface area contributed by atoms with Crippen LogP contribution in [0.3, 0.4) is 0 Å². The van der Waals surface area contributed by atoms with E-state index >= 15 is 0 Å². The standard InChI is InChI=1S/C36H41N3O6/c1-3-38-30-18-25-9-5-4-8-24(25)17-26(30)21-44-34(43)36-33(42)29-11-7-6-10-28(29)32(41)35(36,45-36)19-27(20-40)22(2)12-13-23-14-15-39-31(37)16-23/h5-7,9-11,14-16,18,24,26,30,38,40H,3-4,8,12-13,17,19-21H2,1-2H3,(H2,37,39)/b27-22-/t24-,26-,30+,35-,36-/m0/s1. The number of aromatic nitrogens is 1. The number of aryl methyl sites for hydroxylation is 1. The first kappa shape index (κ1) is 31.1. The first-order valence-electron chi connectivity index (χ1n) is 15.9. The van der Waals surface area contributed by atoms with Gasteiger partial charge in [0.05, 0.1) is 13.2 Å². The van der Waals surface area contributed by atoms with E-state index in [4.69, 9.17) is 15.2 Å². The second-order valence-electron chi connectivity index (χ2n) is 12.6. The molecule has 9 heteroatoms. The van der Waals surface area contributed by atoms with E-state index in [0.717, 1.165) is 36.9 Å². The van der Waals surface area contributed by atoms with E-state index in [0.29, 0.717) is 30.2 Å². The van der Waals surface area contributed by atoms with E-state index in [-0.39, 0.29) is 42.7 Å². The molecule has 1 aliphatic heterocycles. The highest BCUT2D eigenvalue weighted by molar-refractivity contribution is 6.32. The van der Waals surface area contributed by atoms with Crippen molar-refractivity contribution in [2.45, 2.75) is 69.6 Å².